The van der Waals surface area contributed by atoms with Crippen molar-refractivity contribution in [3.8, 4) is 0 Å². The number of carbonyl (C=O) groups excluding carboxylic acids is 1. The highest BCUT2D eigenvalue weighted by molar-refractivity contribution is 7.12. The molecule has 90 valence electrons. The van der Waals surface area contributed by atoms with Gasteiger partial charge in [0.2, 0.25) is 0 Å². The first-order chi connectivity index (χ1) is 7.74. The number of hydrogen-bond acceptors (Lipinski definition) is 2. The molecule has 0 aliphatic rings. The van der Waals surface area contributed by atoms with E-state index in [1.807, 2.05) is 0 Å². The molecular formula is C14H22OS. The summed E-state index contributed by atoms with van der Waals surface area (Å²) in [6.07, 6.45) is 9.13. The summed E-state index contributed by atoms with van der Waals surface area (Å²) in [5, 5.41) is 2.13. The normalized spacial score (nSPS) is 10.6. The van der Waals surface area contributed by atoms with E-state index in [-0.39, 0.29) is 5.78 Å². The van der Waals surface area contributed by atoms with Crippen molar-refractivity contribution in [3.05, 3.63) is 21.9 Å². The third kappa shape index (κ3) is 4.93. The van der Waals surface area contributed by atoms with Crippen LogP contribution in [0.2, 0.25) is 0 Å². The topological polar surface area (TPSA) is 17.1 Å². The van der Waals surface area contributed by atoms with Crippen LogP contribution in [0.1, 0.15) is 67.6 Å². The summed E-state index contributed by atoms with van der Waals surface area (Å²) in [6.45, 7) is 3.88. The van der Waals surface area contributed by atoms with E-state index in [9.17, 15) is 4.79 Å². The van der Waals surface area contributed by atoms with Gasteiger partial charge in [0, 0.05) is 0 Å². The van der Waals surface area contributed by atoms with Crippen LogP contribution in [0.4, 0.5) is 0 Å². The molecule has 0 aliphatic heterocycles. The minimum Gasteiger partial charge on any atom is -0.294 e. The molecule has 0 aromatic carbocycles. The third-order valence-electron chi connectivity index (χ3n) is 2.82. The summed E-state index contributed by atoms with van der Waals surface area (Å²) in [5.41, 5.74) is 1.34. The van der Waals surface area contributed by atoms with Gasteiger partial charge in [-0.05, 0) is 36.8 Å². The zero-order valence-electron chi connectivity index (χ0n) is 10.4. The predicted octanol–water partition coefficient (Wildman–Crippen LogP) is 4.85. The molecule has 0 radical (unpaired) electrons. The first kappa shape index (κ1) is 13.4. The van der Waals surface area contributed by atoms with E-state index < -0.39 is 0 Å². The molecule has 16 heavy (non-hydrogen) atoms. The summed E-state index contributed by atoms with van der Waals surface area (Å²) >= 11 is 1.58. The Bertz CT molecular complexity index is 314. The molecule has 1 rings (SSSR count). The summed E-state index contributed by atoms with van der Waals surface area (Å²) in [7, 11) is 0. The Morgan fingerprint density at radius 3 is 2.50 bits per heavy atom. The lowest BCUT2D eigenvalue weighted by Crippen LogP contribution is -1.86. The van der Waals surface area contributed by atoms with Gasteiger partial charge in [-0.3, -0.25) is 4.79 Å². The lowest BCUT2D eigenvalue weighted by Gasteiger charge is -1.99. The lowest BCUT2D eigenvalue weighted by atomic mass is 10.1. The van der Waals surface area contributed by atoms with Gasteiger partial charge >= 0.3 is 0 Å². The van der Waals surface area contributed by atoms with Gasteiger partial charge in [0.1, 0.15) is 0 Å². The molecule has 1 heterocycles. The number of ketones is 1. The molecule has 0 spiro atoms. The standard InChI is InChI=1S/C14H22OS/c1-3-4-5-6-7-8-9-13-10-14(12(2)15)16-11-13/h10-11H,3-9H2,1-2H3. The number of thiophene rings is 1. The maximum atomic E-state index is 11.1. The van der Waals surface area contributed by atoms with Crippen molar-refractivity contribution in [1.29, 1.82) is 0 Å². The second-order valence-corrected chi connectivity index (χ2v) is 5.30. The Kier molecular flexibility index (Phi) is 6.39. The molecule has 0 fully saturated rings. The first-order valence-corrected chi connectivity index (χ1v) is 7.20. The van der Waals surface area contributed by atoms with Gasteiger partial charge in [0.15, 0.2) is 5.78 Å². The molecule has 1 aromatic heterocycles. The fourth-order valence-corrected chi connectivity index (χ4v) is 2.65. The largest absolute Gasteiger partial charge is 0.294 e. The smallest absolute Gasteiger partial charge is 0.169 e. The maximum absolute atomic E-state index is 11.1. The summed E-state index contributed by atoms with van der Waals surface area (Å²) in [5.74, 6) is 0.194. The van der Waals surface area contributed by atoms with Crippen LogP contribution in [0.15, 0.2) is 11.4 Å². The van der Waals surface area contributed by atoms with Gasteiger partial charge in [0.25, 0.3) is 0 Å². The van der Waals surface area contributed by atoms with Gasteiger partial charge in [-0.2, -0.15) is 0 Å². The fourth-order valence-electron chi connectivity index (χ4n) is 1.80. The van der Waals surface area contributed by atoms with Crippen LogP contribution in [-0.2, 0) is 6.42 Å². The van der Waals surface area contributed by atoms with Crippen LogP contribution in [0, 0.1) is 0 Å². The number of Topliss-reactive ketones (excluding diaryl/α,β-unsaturated/α-hetero) is 1. The van der Waals surface area contributed by atoms with Crippen molar-refractivity contribution in [2.24, 2.45) is 0 Å². The van der Waals surface area contributed by atoms with Crippen molar-refractivity contribution in [3.63, 3.8) is 0 Å². The molecule has 0 saturated heterocycles. The Morgan fingerprint density at radius 2 is 1.88 bits per heavy atom. The van der Waals surface area contributed by atoms with Crippen molar-refractivity contribution in [1.82, 2.24) is 0 Å². The van der Waals surface area contributed by atoms with Gasteiger partial charge in [0.05, 0.1) is 4.88 Å². The van der Waals surface area contributed by atoms with Gasteiger partial charge < -0.3 is 0 Å². The Balaban J connectivity index is 2.14. The summed E-state index contributed by atoms with van der Waals surface area (Å²) < 4.78 is 0. The van der Waals surface area contributed by atoms with E-state index in [0.717, 1.165) is 11.3 Å². The average Bonchev–Trinajstić information content (AvgIpc) is 2.72. The molecule has 0 bridgehead atoms. The van der Waals surface area contributed by atoms with Crippen LogP contribution >= 0.6 is 11.3 Å². The average molecular weight is 238 g/mol. The lowest BCUT2D eigenvalue weighted by molar-refractivity contribution is 0.102. The first-order valence-electron chi connectivity index (χ1n) is 6.32. The van der Waals surface area contributed by atoms with Crippen LogP contribution in [-0.4, -0.2) is 5.78 Å². The van der Waals surface area contributed by atoms with E-state index in [1.54, 1.807) is 18.3 Å². The SMILES string of the molecule is CCCCCCCCc1csc(C(C)=O)c1. The van der Waals surface area contributed by atoms with Crippen LogP contribution in [0.25, 0.3) is 0 Å². The number of carbonyl (C=O) groups is 1. The number of hydrogen-bond donors (Lipinski definition) is 0. The van der Waals surface area contributed by atoms with E-state index >= 15 is 0 Å². The molecule has 0 N–H and O–H groups in total. The van der Waals surface area contributed by atoms with Gasteiger partial charge in [-0.1, -0.05) is 39.0 Å². The predicted molar refractivity (Wildman–Crippen MR) is 71.4 cm³/mol. The van der Waals surface area contributed by atoms with Crippen LogP contribution in [0.5, 0.6) is 0 Å². The van der Waals surface area contributed by atoms with Crippen molar-refractivity contribution >= 4 is 17.1 Å². The highest BCUT2D eigenvalue weighted by atomic mass is 32.1. The molecule has 2 heteroatoms. The highest BCUT2D eigenvalue weighted by Crippen LogP contribution is 2.17. The molecular weight excluding hydrogens is 216 g/mol. The quantitative estimate of drug-likeness (QED) is 0.467. The van der Waals surface area contributed by atoms with E-state index in [4.69, 9.17) is 0 Å². The molecule has 0 unspecified atom stereocenters. The second kappa shape index (κ2) is 7.61. The van der Waals surface area contributed by atoms with Crippen LogP contribution < -0.4 is 0 Å². The molecule has 1 nitrogen and oxygen atoms in total. The van der Waals surface area contributed by atoms with E-state index in [2.05, 4.69) is 18.4 Å². The zero-order chi connectivity index (χ0) is 11.8. The molecule has 0 aliphatic carbocycles. The monoisotopic (exact) mass is 238 g/mol. The summed E-state index contributed by atoms with van der Waals surface area (Å²) in [6, 6.07) is 2.05. The third-order valence-corrected chi connectivity index (χ3v) is 3.90. The maximum Gasteiger partial charge on any atom is 0.169 e. The molecule has 1 aromatic rings. The van der Waals surface area contributed by atoms with E-state index in [1.165, 1.54) is 44.1 Å². The Labute approximate surface area is 103 Å². The molecule has 0 atom stereocenters. The second-order valence-electron chi connectivity index (χ2n) is 4.39. The van der Waals surface area contributed by atoms with Crippen molar-refractivity contribution in [2.75, 3.05) is 0 Å². The van der Waals surface area contributed by atoms with Crippen molar-refractivity contribution in [2.45, 2.75) is 58.8 Å². The van der Waals surface area contributed by atoms with E-state index in [0.29, 0.717) is 0 Å². The Hall–Kier alpha value is -0.630. The van der Waals surface area contributed by atoms with Gasteiger partial charge in [-0.15, -0.1) is 11.3 Å². The minimum atomic E-state index is 0.194. The number of aryl methyl sites for hydroxylation is 1. The van der Waals surface area contributed by atoms with Crippen molar-refractivity contribution < 1.29 is 4.79 Å². The zero-order valence-corrected chi connectivity index (χ0v) is 11.2. The summed E-state index contributed by atoms with van der Waals surface area (Å²) in [4.78, 5) is 12.0. The molecule has 0 amide bonds. The fraction of sp³-hybridized carbons (Fsp3) is 0.643. The minimum absolute atomic E-state index is 0.194. The Morgan fingerprint density at radius 1 is 1.19 bits per heavy atom. The number of unbranched alkanes of at least 4 members (excludes halogenated alkanes) is 5. The van der Waals surface area contributed by atoms with Crippen LogP contribution in [0.3, 0.4) is 0 Å². The van der Waals surface area contributed by atoms with Gasteiger partial charge in [-0.25, -0.2) is 0 Å². The highest BCUT2D eigenvalue weighted by Gasteiger charge is 2.03. The molecule has 0 saturated carbocycles. The number of rotatable bonds is 8.